The Hall–Kier alpha value is -1.67. The normalized spacial score (nSPS) is 19.5. The van der Waals surface area contributed by atoms with Crippen LogP contribution in [0.15, 0.2) is 23.2 Å². The van der Waals surface area contributed by atoms with Crippen molar-refractivity contribution in [2.75, 3.05) is 38.1 Å². The molecule has 126 valence electrons. The van der Waals surface area contributed by atoms with Crippen LogP contribution >= 0.6 is 0 Å². The van der Waals surface area contributed by atoms with Gasteiger partial charge in [-0.25, -0.2) is 18.1 Å². The van der Waals surface area contributed by atoms with Crippen LogP contribution < -0.4 is 9.62 Å². The Kier molecular flexibility index (Phi) is 4.54. The van der Waals surface area contributed by atoms with Crippen molar-refractivity contribution in [1.82, 2.24) is 14.6 Å². The molecule has 0 bridgehead atoms. The lowest BCUT2D eigenvalue weighted by molar-refractivity contribution is -0.132. The molecule has 0 unspecified atom stereocenters. The van der Waals surface area contributed by atoms with Crippen molar-refractivity contribution in [3.8, 4) is 0 Å². The van der Waals surface area contributed by atoms with E-state index in [1.165, 1.54) is 13.2 Å². The molecular formula is C15H22N4O3S. The molecule has 1 aromatic rings. The summed E-state index contributed by atoms with van der Waals surface area (Å²) < 4.78 is 25.7. The lowest BCUT2D eigenvalue weighted by atomic mass is 10.3. The van der Waals surface area contributed by atoms with Crippen molar-refractivity contribution in [2.45, 2.75) is 24.2 Å². The molecule has 2 fully saturated rings. The summed E-state index contributed by atoms with van der Waals surface area (Å²) in [6.45, 7) is 3.04. The monoisotopic (exact) mass is 338 g/mol. The van der Waals surface area contributed by atoms with E-state index in [4.69, 9.17) is 0 Å². The number of anilines is 1. The van der Waals surface area contributed by atoms with E-state index >= 15 is 0 Å². The highest BCUT2D eigenvalue weighted by atomic mass is 32.2. The smallest absolute Gasteiger partial charge is 0.241 e. The lowest BCUT2D eigenvalue weighted by Gasteiger charge is -2.23. The Bertz CT molecular complexity index is 670. The SMILES string of the molecule is CNS(=O)(=O)c1ccc(N2CCCN(C(=O)C3CC3)CC2)nc1. The Morgan fingerprint density at radius 1 is 1.22 bits per heavy atom. The summed E-state index contributed by atoms with van der Waals surface area (Å²) in [5.41, 5.74) is 0. The summed E-state index contributed by atoms with van der Waals surface area (Å²) >= 11 is 0. The molecule has 1 aliphatic carbocycles. The Morgan fingerprint density at radius 2 is 2.00 bits per heavy atom. The molecule has 23 heavy (non-hydrogen) atoms. The van der Waals surface area contributed by atoms with Gasteiger partial charge >= 0.3 is 0 Å². The number of aromatic nitrogens is 1. The number of carbonyl (C=O) groups excluding carboxylic acids is 1. The first-order valence-corrected chi connectivity index (χ1v) is 9.43. The molecule has 0 radical (unpaired) electrons. The third-order valence-electron chi connectivity index (χ3n) is 4.36. The molecular weight excluding hydrogens is 316 g/mol. The van der Waals surface area contributed by atoms with Crippen molar-refractivity contribution in [3.63, 3.8) is 0 Å². The van der Waals surface area contributed by atoms with Crippen LogP contribution in [0.4, 0.5) is 5.82 Å². The summed E-state index contributed by atoms with van der Waals surface area (Å²) in [5.74, 6) is 1.29. The van der Waals surface area contributed by atoms with E-state index in [0.717, 1.165) is 44.7 Å². The fraction of sp³-hybridized carbons (Fsp3) is 0.600. The Labute approximate surface area is 136 Å². The number of hydrogen-bond donors (Lipinski definition) is 1. The minimum atomic E-state index is -3.46. The van der Waals surface area contributed by atoms with Crippen molar-refractivity contribution in [3.05, 3.63) is 18.3 Å². The maximum absolute atomic E-state index is 12.2. The van der Waals surface area contributed by atoms with E-state index in [9.17, 15) is 13.2 Å². The van der Waals surface area contributed by atoms with Crippen LogP contribution in [0.25, 0.3) is 0 Å². The number of nitrogens with zero attached hydrogens (tertiary/aromatic N) is 3. The number of pyridine rings is 1. The quantitative estimate of drug-likeness (QED) is 0.861. The van der Waals surface area contributed by atoms with Crippen molar-refractivity contribution < 1.29 is 13.2 Å². The van der Waals surface area contributed by atoms with Gasteiger partial charge in [0.05, 0.1) is 0 Å². The summed E-state index contributed by atoms with van der Waals surface area (Å²) in [6, 6.07) is 3.29. The van der Waals surface area contributed by atoms with Crippen LogP contribution in [0.5, 0.6) is 0 Å². The molecule has 2 aliphatic rings. The van der Waals surface area contributed by atoms with Crippen molar-refractivity contribution in [1.29, 1.82) is 0 Å². The van der Waals surface area contributed by atoms with Gasteiger partial charge < -0.3 is 9.80 Å². The number of sulfonamides is 1. The van der Waals surface area contributed by atoms with Gasteiger partial charge in [0.2, 0.25) is 15.9 Å². The lowest BCUT2D eigenvalue weighted by Crippen LogP contribution is -2.36. The highest BCUT2D eigenvalue weighted by molar-refractivity contribution is 7.89. The van der Waals surface area contributed by atoms with Gasteiger partial charge in [-0.2, -0.15) is 0 Å². The first-order valence-electron chi connectivity index (χ1n) is 7.94. The standard InChI is InChI=1S/C15H22N4O3S/c1-16-23(21,22)13-5-6-14(17-11-13)18-7-2-8-19(10-9-18)15(20)12-3-4-12/h5-6,11-12,16H,2-4,7-10H2,1H3. The number of amides is 1. The summed E-state index contributed by atoms with van der Waals surface area (Å²) in [4.78, 5) is 20.7. The zero-order valence-corrected chi connectivity index (χ0v) is 14.1. The maximum atomic E-state index is 12.2. The number of carbonyl (C=O) groups is 1. The van der Waals surface area contributed by atoms with Gasteiger partial charge in [-0.15, -0.1) is 0 Å². The summed E-state index contributed by atoms with van der Waals surface area (Å²) in [7, 11) is -2.08. The van der Waals surface area contributed by atoms with Gasteiger partial charge in [0, 0.05) is 38.3 Å². The van der Waals surface area contributed by atoms with Crippen LogP contribution in [-0.4, -0.2) is 57.4 Å². The molecule has 1 N–H and O–H groups in total. The van der Waals surface area contributed by atoms with E-state index in [1.54, 1.807) is 12.1 Å². The first-order chi connectivity index (χ1) is 11.0. The fourth-order valence-corrected chi connectivity index (χ4v) is 3.47. The van der Waals surface area contributed by atoms with Gasteiger partial charge in [0.25, 0.3) is 0 Å². The highest BCUT2D eigenvalue weighted by Gasteiger charge is 2.34. The van der Waals surface area contributed by atoms with Gasteiger partial charge in [0.15, 0.2) is 0 Å². The zero-order chi connectivity index (χ0) is 16.4. The van der Waals surface area contributed by atoms with Crippen molar-refractivity contribution in [2.24, 2.45) is 5.92 Å². The summed E-state index contributed by atoms with van der Waals surface area (Å²) in [5, 5.41) is 0. The van der Waals surface area contributed by atoms with Crippen LogP contribution in [0, 0.1) is 5.92 Å². The highest BCUT2D eigenvalue weighted by Crippen LogP contribution is 2.31. The molecule has 1 amide bonds. The largest absolute Gasteiger partial charge is 0.355 e. The third-order valence-corrected chi connectivity index (χ3v) is 5.76. The van der Waals surface area contributed by atoms with E-state index in [2.05, 4.69) is 14.6 Å². The maximum Gasteiger partial charge on any atom is 0.241 e. The van der Waals surface area contributed by atoms with E-state index in [-0.39, 0.29) is 16.7 Å². The second-order valence-corrected chi connectivity index (χ2v) is 7.89. The average Bonchev–Trinajstić information content (AvgIpc) is 3.41. The van der Waals surface area contributed by atoms with Gasteiger partial charge in [-0.05, 0) is 38.4 Å². The minimum absolute atomic E-state index is 0.157. The first kappa shape index (κ1) is 16.2. The number of rotatable bonds is 4. The van der Waals surface area contributed by atoms with E-state index < -0.39 is 10.0 Å². The molecule has 1 saturated heterocycles. The fourth-order valence-electron chi connectivity index (χ4n) is 2.79. The number of nitrogens with one attached hydrogen (secondary N) is 1. The predicted molar refractivity (Wildman–Crippen MR) is 86.6 cm³/mol. The molecule has 7 nitrogen and oxygen atoms in total. The second kappa shape index (κ2) is 6.45. The van der Waals surface area contributed by atoms with Gasteiger partial charge in [-0.1, -0.05) is 0 Å². The van der Waals surface area contributed by atoms with Gasteiger partial charge in [0.1, 0.15) is 10.7 Å². The predicted octanol–water partition coefficient (Wildman–Crippen LogP) is 0.438. The molecule has 0 aromatic carbocycles. The molecule has 8 heteroatoms. The zero-order valence-electron chi connectivity index (χ0n) is 13.2. The Balaban J connectivity index is 1.66. The van der Waals surface area contributed by atoms with Gasteiger partial charge in [-0.3, -0.25) is 4.79 Å². The Morgan fingerprint density at radius 3 is 2.61 bits per heavy atom. The van der Waals surface area contributed by atoms with Crippen molar-refractivity contribution >= 4 is 21.7 Å². The summed E-state index contributed by atoms with van der Waals surface area (Å²) in [6.07, 6.45) is 4.33. The molecule has 0 atom stereocenters. The molecule has 2 heterocycles. The minimum Gasteiger partial charge on any atom is -0.355 e. The molecule has 0 spiro atoms. The van der Waals surface area contributed by atoms with E-state index in [1.807, 2.05) is 4.90 Å². The van der Waals surface area contributed by atoms with Crippen LogP contribution in [0.2, 0.25) is 0 Å². The molecule has 1 aromatic heterocycles. The molecule has 3 rings (SSSR count). The van der Waals surface area contributed by atoms with E-state index in [0.29, 0.717) is 6.54 Å². The topological polar surface area (TPSA) is 82.6 Å². The van der Waals surface area contributed by atoms with Crippen LogP contribution in [0.3, 0.4) is 0 Å². The van der Waals surface area contributed by atoms with Crippen LogP contribution in [0.1, 0.15) is 19.3 Å². The third kappa shape index (κ3) is 3.64. The average molecular weight is 338 g/mol. The van der Waals surface area contributed by atoms with Crippen LogP contribution in [-0.2, 0) is 14.8 Å². The number of hydrogen-bond acceptors (Lipinski definition) is 5. The molecule has 1 aliphatic heterocycles. The molecule has 1 saturated carbocycles. The second-order valence-electron chi connectivity index (χ2n) is 6.00.